The van der Waals surface area contributed by atoms with Crippen molar-refractivity contribution in [3.63, 3.8) is 0 Å². The summed E-state index contributed by atoms with van der Waals surface area (Å²) in [5.74, 6) is 1.18. The third-order valence-corrected chi connectivity index (χ3v) is 2.72. The lowest BCUT2D eigenvalue weighted by atomic mass is 10.3. The van der Waals surface area contributed by atoms with E-state index in [-0.39, 0.29) is 5.28 Å². The van der Waals surface area contributed by atoms with Gasteiger partial charge in [0, 0.05) is 18.8 Å². The largest absolute Gasteiger partial charge is 0.435 e. The number of hydrogen-bond donors (Lipinski definition) is 0. The lowest BCUT2D eigenvalue weighted by Gasteiger charge is -2.07. The molecule has 0 fully saturated rings. The van der Waals surface area contributed by atoms with Crippen LogP contribution in [0.1, 0.15) is 17.0 Å². The first-order chi connectivity index (χ1) is 7.99. The molecule has 0 atom stereocenters. The molecule has 0 radical (unpaired) electrons. The number of aromatic nitrogens is 4. The zero-order chi connectivity index (χ0) is 12.6. The van der Waals surface area contributed by atoms with Crippen molar-refractivity contribution in [2.75, 3.05) is 0 Å². The molecule has 0 unspecified atom stereocenters. The van der Waals surface area contributed by atoms with Gasteiger partial charge in [-0.2, -0.15) is 10.1 Å². The minimum atomic E-state index is 0.171. The molecule has 17 heavy (non-hydrogen) atoms. The Labute approximate surface area is 104 Å². The second-order valence-corrected chi connectivity index (χ2v) is 4.19. The molecule has 2 heterocycles. The second-order valence-electron chi connectivity index (χ2n) is 3.85. The van der Waals surface area contributed by atoms with Crippen LogP contribution in [0.3, 0.4) is 0 Å². The van der Waals surface area contributed by atoms with E-state index in [1.54, 1.807) is 10.9 Å². The number of nitrogens with zero attached hydrogens (tertiary/aromatic N) is 4. The van der Waals surface area contributed by atoms with E-state index < -0.39 is 0 Å². The molecule has 0 N–H and O–H groups in total. The highest BCUT2D eigenvalue weighted by molar-refractivity contribution is 6.28. The summed E-state index contributed by atoms with van der Waals surface area (Å²) in [6.45, 7) is 5.70. The summed E-state index contributed by atoms with van der Waals surface area (Å²) >= 11 is 5.74. The highest BCUT2D eigenvalue weighted by Crippen LogP contribution is 2.28. The van der Waals surface area contributed by atoms with Gasteiger partial charge in [0.2, 0.25) is 11.2 Å². The average molecular weight is 253 g/mol. The molecule has 0 aliphatic heterocycles. The monoisotopic (exact) mass is 252 g/mol. The zero-order valence-corrected chi connectivity index (χ0v) is 10.9. The van der Waals surface area contributed by atoms with Crippen molar-refractivity contribution in [2.45, 2.75) is 20.8 Å². The predicted octanol–water partition coefficient (Wildman–Crippen LogP) is 2.58. The van der Waals surface area contributed by atoms with E-state index in [4.69, 9.17) is 16.3 Å². The topological polar surface area (TPSA) is 52.8 Å². The van der Waals surface area contributed by atoms with Crippen LogP contribution in [0, 0.1) is 20.8 Å². The summed E-state index contributed by atoms with van der Waals surface area (Å²) in [7, 11) is 1.87. The van der Waals surface area contributed by atoms with Crippen molar-refractivity contribution < 1.29 is 4.74 Å². The summed E-state index contributed by atoms with van der Waals surface area (Å²) in [6.07, 6.45) is 1.63. The first-order valence-corrected chi connectivity index (χ1v) is 5.54. The summed E-state index contributed by atoms with van der Waals surface area (Å²) in [4.78, 5) is 7.94. The van der Waals surface area contributed by atoms with Gasteiger partial charge in [-0.3, -0.25) is 4.68 Å². The van der Waals surface area contributed by atoms with Crippen molar-refractivity contribution in [1.29, 1.82) is 0 Å². The van der Waals surface area contributed by atoms with Gasteiger partial charge in [-0.1, -0.05) is 0 Å². The van der Waals surface area contributed by atoms with E-state index in [1.807, 2.05) is 27.8 Å². The van der Waals surface area contributed by atoms with Crippen LogP contribution in [-0.2, 0) is 7.05 Å². The summed E-state index contributed by atoms with van der Waals surface area (Å²) in [6, 6.07) is 0. The fourth-order valence-electron chi connectivity index (χ4n) is 1.51. The molecule has 5 nitrogen and oxygen atoms in total. The average Bonchev–Trinajstić information content (AvgIpc) is 2.50. The van der Waals surface area contributed by atoms with E-state index in [0.29, 0.717) is 11.6 Å². The van der Waals surface area contributed by atoms with Crippen LogP contribution in [-0.4, -0.2) is 19.7 Å². The normalized spacial score (nSPS) is 10.6. The Kier molecular flexibility index (Phi) is 3.02. The number of rotatable bonds is 2. The molecule has 6 heteroatoms. The van der Waals surface area contributed by atoms with Gasteiger partial charge in [-0.15, -0.1) is 0 Å². The van der Waals surface area contributed by atoms with Crippen LogP contribution in [0.15, 0.2) is 6.20 Å². The van der Waals surface area contributed by atoms with Gasteiger partial charge in [0.05, 0.1) is 5.69 Å². The summed E-state index contributed by atoms with van der Waals surface area (Å²) < 4.78 is 7.52. The van der Waals surface area contributed by atoms with Crippen LogP contribution >= 0.6 is 11.6 Å². The number of aryl methyl sites for hydroxylation is 3. The fraction of sp³-hybridized carbons (Fsp3) is 0.364. The van der Waals surface area contributed by atoms with Gasteiger partial charge in [-0.25, -0.2) is 4.98 Å². The Balaban J connectivity index is 2.41. The van der Waals surface area contributed by atoms with Gasteiger partial charge in [0.15, 0.2) is 5.75 Å². The van der Waals surface area contributed by atoms with Gasteiger partial charge < -0.3 is 4.74 Å². The first-order valence-electron chi connectivity index (χ1n) is 5.16. The molecule has 0 saturated heterocycles. The van der Waals surface area contributed by atoms with Crippen molar-refractivity contribution in [3.8, 4) is 11.6 Å². The Hall–Kier alpha value is -1.62. The molecular formula is C11H13ClN4O. The van der Waals surface area contributed by atoms with Crippen LogP contribution in [0.2, 0.25) is 5.28 Å². The predicted molar refractivity (Wildman–Crippen MR) is 64.5 cm³/mol. The molecular weight excluding hydrogens is 240 g/mol. The first kappa shape index (κ1) is 11.9. The third-order valence-electron chi connectivity index (χ3n) is 2.54. The Morgan fingerprint density at radius 1 is 1.29 bits per heavy atom. The van der Waals surface area contributed by atoms with Gasteiger partial charge in [0.25, 0.3) is 0 Å². The van der Waals surface area contributed by atoms with Crippen LogP contribution in [0.25, 0.3) is 0 Å². The SMILES string of the molecule is Cc1cnc(Cl)nc1Oc1c(C)nn(C)c1C. The van der Waals surface area contributed by atoms with Gasteiger partial charge in [-0.05, 0) is 32.4 Å². The molecule has 0 aliphatic carbocycles. The van der Waals surface area contributed by atoms with Gasteiger partial charge in [0.1, 0.15) is 5.69 Å². The Morgan fingerprint density at radius 3 is 2.59 bits per heavy atom. The second kappa shape index (κ2) is 4.33. The van der Waals surface area contributed by atoms with E-state index in [1.165, 1.54) is 0 Å². The maximum Gasteiger partial charge on any atom is 0.226 e. The molecule has 2 aromatic heterocycles. The third kappa shape index (κ3) is 2.24. The number of ether oxygens (including phenoxy) is 1. The van der Waals surface area contributed by atoms with Crippen molar-refractivity contribution in [1.82, 2.24) is 19.7 Å². The fourth-order valence-corrected chi connectivity index (χ4v) is 1.63. The Morgan fingerprint density at radius 2 is 2.00 bits per heavy atom. The summed E-state index contributed by atoms with van der Waals surface area (Å²) in [5, 5.41) is 4.45. The quantitative estimate of drug-likeness (QED) is 0.771. The van der Waals surface area contributed by atoms with E-state index in [9.17, 15) is 0 Å². The van der Waals surface area contributed by atoms with E-state index in [0.717, 1.165) is 17.0 Å². The van der Waals surface area contributed by atoms with E-state index in [2.05, 4.69) is 15.1 Å². The standard InChI is InChI=1S/C11H13ClN4O/c1-6-5-13-11(12)14-10(6)17-9-7(2)15-16(4)8(9)3/h5H,1-4H3. The minimum absolute atomic E-state index is 0.171. The number of hydrogen-bond acceptors (Lipinski definition) is 4. The molecule has 0 aliphatic rings. The van der Waals surface area contributed by atoms with E-state index >= 15 is 0 Å². The molecule has 0 aromatic carbocycles. The molecule has 2 rings (SSSR count). The summed E-state index contributed by atoms with van der Waals surface area (Å²) in [5.41, 5.74) is 2.59. The lowest BCUT2D eigenvalue weighted by molar-refractivity contribution is 0.450. The Bertz CT molecular complexity index is 565. The molecule has 0 amide bonds. The minimum Gasteiger partial charge on any atom is -0.435 e. The molecule has 90 valence electrons. The smallest absolute Gasteiger partial charge is 0.226 e. The molecule has 0 bridgehead atoms. The highest BCUT2D eigenvalue weighted by Gasteiger charge is 2.14. The van der Waals surface area contributed by atoms with Crippen molar-refractivity contribution in [2.24, 2.45) is 7.05 Å². The molecule has 0 spiro atoms. The van der Waals surface area contributed by atoms with Crippen molar-refractivity contribution in [3.05, 3.63) is 28.4 Å². The van der Waals surface area contributed by atoms with Gasteiger partial charge >= 0.3 is 0 Å². The molecule has 0 saturated carbocycles. The van der Waals surface area contributed by atoms with Crippen LogP contribution < -0.4 is 4.74 Å². The lowest BCUT2D eigenvalue weighted by Crippen LogP contribution is -1.96. The zero-order valence-electron chi connectivity index (χ0n) is 10.2. The molecule has 2 aromatic rings. The van der Waals surface area contributed by atoms with Crippen LogP contribution in [0.4, 0.5) is 0 Å². The van der Waals surface area contributed by atoms with Crippen molar-refractivity contribution >= 4 is 11.6 Å². The highest BCUT2D eigenvalue weighted by atomic mass is 35.5. The maximum atomic E-state index is 5.75. The number of halogens is 1. The van der Waals surface area contributed by atoms with Crippen LogP contribution in [0.5, 0.6) is 11.6 Å². The maximum absolute atomic E-state index is 5.75.